The zero-order chi connectivity index (χ0) is 16.7. The molecule has 8 heteroatoms. The lowest BCUT2D eigenvalue weighted by molar-refractivity contribution is -0.224. The fourth-order valence-electron chi connectivity index (χ4n) is 4.39. The molecule has 22 heavy (non-hydrogen) atoms. The molecule has 4 N–H and O–H groups in total. The molecule has 0 saturated heterocycles. The van der Waals surface area contributed by atoms with Crippen LogP contribution in [0.25, 0.3) is 0 Å². The van der Waals surface area contributed by atoms with Gasteiger partial charge in [-0.25, -0.2) is 0 Å². The van der Waals surface area contributed by atoms with E-state index in [2.05, 4.69) is 0 Å². The molecular weight excluding hydrogens is 296 g/mol. The third-order valence-electron chi connectivity index (χ3n) is 5.22. The summed E-state index contributed by atoms with van der Waals surface area (Å²) in [4.78, 5) is 46.2. The molecule has 2 unspecified atom stereocenters. The van der Waals surface area contributed by atoms with Crippen molar-refractivity contribution in [3.05, 3.63) is 0 Å². The first-order valence-corrected chi connectivity index (χ1v) is 7.18. The first-order valence-electron chi connectivity index (χ1n) is 7.18. The van der Waals surface area contributed by atoms with E-state index in [0.29, 0.717) is 25.7 Å². The number of carboxylic acid groups (broad SMARTS) is 4. The Balaban J connectivity index is 2.56. The van der Waals surface area contributed by atoms with E-state index in [-0.39, 0.29) is 0 Å². The number of rotatable bonds is 5. The van der Waals surface area contributed by atoms with Gasteiger partial charge in [0.15, 0.2) is 0 Å². The molecule has 0 aromatic heterocycles. The van der Waals surface area contributed by atoms with Crippen LogP contribution in [0.1, 0.15) is 32.1 Å². The second kappa shape index (κ2) is 5.58. The summed E-state index contributed by atoms with van der Waals surface area (Å²) in [6.07, 6.45) is 3.08. The summed E-state index contributed by atoms with van der Waals surface area (Å²) in [5.74, 6) is -12.0. The molecular formula is C14H18O8. The largest absolute Gasteiger partial charge is 0.481 e. The van der Waals surface area contributed by atoms with Crippen LogP contribution in [0, 0.1) is 29.1 Å². The highest BCUT2D eigenvalue weighted by Crippen LogP contribution is 2.63. The number of aliphatic carboxylic acids is 4. The first-order chi connectivity index (χ1) is 10.3. The van der Waals surface area contributed by atoms with Crippen LogP contribution < -0.4 is 0 Å². The molecule has 2 saturated carbocycles. The fourth-order valence-corrected chi connectivity index (χ4v) is 4.39. The lowest BCUT2D eigenvalue weighted by atomic mass is 9.41. The summed E-state index contributed by atoms with van der Waals surface area (Å²) in [7, 11) is 0. The molecule has 8 nitrogen and oxygen atoms in total. The topological polar surface area (TPSA) is 149 Å². The van der Waals surface area contributed by atoms with Gasteiger partial charge in [0, 0.05) is 0 Å². The predicted molar refractivity (Wildman–Crippen MR) is 70.0 cm³/mol. The molecule has 2 aliphatic rings. The molecule has 0 bridgehead atoms. The van der Waals surface area contributed by atoms with Crippen LogP contribution in [0.2, 0.25) is 0 Å². The molecule has 0 spiro atoms. The molecule has 2 rings (SSSR count). The van der Waals surface area contributed by atoms with Crippen molar-refractivity contribution in [3.63, 3.8) is 0 Å². The van der Waals surface area contributed by atoms with Crippen molar-refractivity contribution in [1.29, 1.82) is 0 Å². The van der Waals surface area contributed by atoms with E-state index in [0.717, 1.165) is 6.42 Å². The SMILES string of the molecule is O=C(O)C1C(C(=O)O)C(C(=O)O)(C2CCCCC2)C1C(=O)O. The first kappa shape index (κ1) is 16.3. The van der Waals surface area contributed by atoms with Gasteiger partial charge in [0.1, 0.15) is 0 Å². The fraction of sp³-hybridized carbons (Fsp3) is 0.714. The Labute approximate surface area is 125 Å². The maximum absolute atomic E-state index is 11.9. The maximum Gasteiger partial charge on any atom is 0.311 e. The third kappa shape index (κ3) is 2.05. The molecule has 0 radical (unpaired) electrons. The zero-order valence-electron chi connectivity index (χ0n) is 11.8. The highest BCUT2D eigenvalue weighted by molar-refractivity contribution is 5.98. The van der Waals surface area contributed by atoms with E-state index in [1.807, 2.05) is 0 Å². The average molecular weight is 314 g/mol. The van der Waals surface area contributed by atoms with Crippen LogP contribution in [-0.2, 0) is 19.2 Å². The Bertz CT molecular complexity index is 497. The van der Waals surface area contributed by atoms with E-state index in [1.54, 1.807) is 0 Å². The van der Waals surface area contributed by atoms with Crippen LogP contribution in [0.4, 0.5) is 0 Å². The quantitative estimate of drug-likeness (QED) is 0.580. The summed E-state index contributed by atoms with van der Waals surface area (Å²) in [6, 6.07) is 0. The Kier molecular flexibility index (Phi) is 4.12. The minimum Gasteiger partial charge on any atom is -0.481 e. The molecule has 0 aromatic carbocycles. The minimum absolute atomic E-state index is 0.409. The van der Waals surface area contributed by atoms with Crippen molar-refractivity contribution in [3.8, 4) is 0 Å². The third-order valence-corrected chi connectivity index (χ3v) is 5.22. The molecule has 0 heterocycles. The van der Waals surface area contributed by atoms with Gasteiger partial charge in [-0.1, -0.05) is 19.3 Å². The Morgan fingerprint density at radius 2 is 1.18 bits per heavy atom. The summed E-state index contributed by atoms with van der Waals surface area (Å²) in [5, 5.41) is 37.5. The van der Waals surface area contributed by atoms with Gasteiger partial charge in [0.05, 0.1) is 23.2 Å². The Morgan fingerprint density at radius 1 is 0.727 bits per heavy atom. The molecule has 2 aliphatic carbocycles. The molecule has 122 valence electrons. The van der Waals surface area contributed by atoms with Gasteiger partial charge in [-0.15, -0.1) is 0 Å². The zero-order valence-corrected chi connectivity index (χ0v) is 11.8. The van der Waals surface area contributed by atoms with Crippen molar-refractivity contribution < 1.29 is 39.6 Å². The molecule has 0 aliphatic heterocycles. The number of hydrogen-bond donors (Lipinski definition) is 4. The normalized spacial score (nSPS) is 35.4. The second-order valence-electron chi connectivity index (χ2n) is 6.07. The van der Waals surface area contributed by atoms with Gasteiger partial charge in [0.25, 0.3) is 0 Å². The molecule has 0 amide bonds. The summed E-state index contributed by atoms with van der Waals surface area (Å²) in [6.45, 7) is 0. The van der Waals surface area contributed by atoms with E-state index >= 15 is 0 Å². The molecule has 0 aromatic rings. The molecule has 2 atom stereocenters. The van der Waals surface area contributed by atoms with E-state index in [4.69, 9.17) is 5.11 Å². The standard InChI is InChI=1S/C14H18O8/c15-10(16)7-8(11(17)18)14(13(21)22,9(7)12(19)20)6-4-2-1-3-5-6/h6-9H,1-5H2,(H,15,16)(H,17,18)(H,19,20)(H,21,22). The van der Waals surface area contributed by atoms with Gasteiger partial charge < -0.3 is 20.4 Å². The minimum atomic E-state index is -2.04. The summed E-state index contributed by atoms with van der Waals surface area (Å²) >= 11 is 0. The number of carboxylic acids is 4. The Morgan fingerprint density at radius 3 is 1.50 bits per heavy atom. The van der Waals surface area contributed by atoms with E-state index in [9.17, 15) is 34.5 Å². The number of hydrogen-bond acceptors (Lipinski definition) is 4. The van der Waals surface area contributed by atoms with Gasteiger partial charge >= 0.3 is 23.9 Å². The van der Waals surface area contributed by atoms with Crippen LogP contribution in [0.3, 0.4) is 0 Å². The van der Waals surface area contributed by atoms with Gasteiger partial charge in [-0.2, -0.15) is 0 Å². The average Bonchev–Trinajstić information content (AvgIpc) is 2.37. The highest BCUT2D eigenvalue weighted by atomic mass is 16.4. The van der Waals surface area contributed by atoms with Crippen molar-refractivity contribution in [2.45, 2.75) is 32.1 Å². The van der Waals surface area contributed by atoms with Crippen LogP contribution >= 0.6 is 0 Å². The molecule has 2 fully saturated rings. The van der Waals surface area contributed by atoms with Gasteiger partial charge in [-0.3, -0.25) is 19.2 Å². The summed E-state index contributed by atoms with van der Waals surface area (Å²) < 4.78 is 0. The van der Waals surface area contributed by atoms with E-state index in [1.165, 1.54) is 0 Å². The van der Waals surface area contributed by atoms with E-state index < -0.39 is 53.0 Å². The second-order valence-corrected chi connectivity index (χ2v) is 6.07. The lowest BCUT2D eigenvalue weighted by Crippen LogP contribution is -2.71. The predicted octanol–water partition coefficient (Wildman–Crippen LogP) is 0.754. The summed E-state index contributed by atoms with van der Waals surface area (Å²) in [5.41, 5.74) is -2.04. The lowest BCUT2D eigenvalue weighted by Gasteiger charge is -2.57. The van der Waals surface area contributed by atoms with Crippen molar-refractivity contribution in [1.82, 2.24) is 0 Å². The maximum atomic E-state index is 11.9. The van der Waals surface area contributed by atoms with Gasteiger partial charge in [-0.05, 0) is 18.8 Å². The monoisotopic (exact) mass is 314 g/mol. The van der Waals surface area contributed by atoms with Crippen molar-refractivity contribution >= 4 is 23.9 Å². The number of carbonyl (C=O) groups is 4. The van der Waals surface area contributed by atoms with Crippen molar-refractivity contribution in [2.24, 2.45) is 29.1 Å². The van der Waals surface area contributed by atoms with Gasteiger partial charge in [0.2, 0.25) is 0 Å². The highest BCUT2D eigenvalue weighted by Gasteiger charge is 2.76. The van der Waals surface area contributed by atoms with Crippen LogP contribution in [0.15, 0.2) is 0 Å². The van der Waals surface area contributed by atoms with Crippen LogP contribution in [0.5, 0.6) is 0 Å². The smallest absolute Gasteiger partial charge is 0.311 e. The Hall–Kier alpha value is -2.12. The van der Waals surface area contributed by atoms with Crippen LogP contribution in [-0.4, -0.2) is 44.3 Å². The van der Waals surface area contributed by atoms with Crippen molar-refractivity contribution in [2.75, 3.05) is 0 Å².